The first-order valence-corrected chi connectivity index (χ1v) is 14.7. The summed E-state index contributed by atoms with van der Waals surface area (Å²) in [5.74, 6) is 2.92. The molecule has 0 radical (unpaired) electrons. The van der Waals surface area contributed by atoms with Gasteiger partial charge in [-0.1, -0.05) is 6.92 Å². The molecule has 0 amide bonds. The van der Waals surface area contributed by atoms with Gasteiger partial charge in [-0.05, 0) is 62.7 Å². The number of fused-ring (bicyclic) bond motifs is 5. The van der Waals surface area contributed by atoms with Crippen molar-refractivity contribution in [2.45, 2.75) is 96.1 Å². The minimum atomic E-state index is 0.515. The molecule has 0 aromatic rings. The molecular formula is C30H58N3+3. The Balaban J connectivity index is 1.49. The number of hydrogen-bond donors (Lipinski definition) is 0. The molecule has 2 aliphatic heterocycles. The Morgan fingerprint density at radius 1 is 0.758 bits per heavy atom. The summed E-state index contributed by atoms with van der Waals surface area (Å²) in [6.45, 7) is 11.2. The predicted molar refractivity (Wildman–Crippen MR) is 140 cm³/mol. The standard InChI is InChI=1S/C30H58N3/c1-28-16-13-24(33(8)20-9-10-21-33)22-30(28,23-31(3,4)5)18-14-25-26(28)15-17-29(2)27(25)12-11-19-32(29,6)7/h24-27H,9-23H2,1-8H3/q+3/t24?,25-,26+,27+,28-,29+,30+/m1/s1. The molecule has 7 atom stereocenters. The molecular weight excluding hydrogens is 402 g/mol. The van der Waals surface area contributed by atoms with E-state index in [-0.39, 0.29) is 0 Å². The quantitative estimate of drug-likeness (QED) is 0.485. The molecule has 3 nitrogen and oxygen atoms in total. The third-order valence-corrected chi connectivity index (χ3v) is 13.3. The van der Waals surface area contributed by atoms with Gasteiger partial charge in [0.2, 0.25) is 0 Å². The highest BCUT2D eigenvalue weighted by Crippen LogP contribution is 2.69. The molecule has 5 rings (SSSR count). The largest absolute Gasteiger partial charge is 0.330 e. The van der Waals surface area contributed by atoms with Crippen LogP contribution in [0.2, 0.25) is 0 Å². The lowest BCUT2D eigenvalue weighted by molar-refractivity contribution is -0.952. The highest BCUT2D eigenvalue weighted by molar-refractivity contribution is 5.12. The van der Waals surface area contributed by atoms with E-state index in [1.807, 2.05) is 0 Å². The number of rotatable bonds is 3. The SMILES string of the molecule is C[C@]12CC[C@H]3[C@@H](CC[C@@]4(C[N+](C)(C)C)CC([N+]5(C)CCCC5)CC[C@]34C)[C@@H]1CCC[N+]2(C)C. The van der Waals surface area contributed by atoms with E-state index in [2.05, 4.69) is 56.1 Å². The Bertz CT molecular complexity index is 746. The van der Waals surface area contributed by atoms with Crippen molar-refractivity contribution in [3.63, 3.8) is 0 Å². The average Bonchev–Trinajstić information content (AvgIpc) is 3.15. The monoisotopic (exact) mass is 460 g/mol. The van der Waals surface area contributed by atoms with Crippen LogP contribution < -0.4 is 0 Å². The molecule has 5 aliphatic rings. The number of nitrogens with zero attached hydrogens (tertiary/aromatic N) is 3. The Labute approximate surface area is 206 Å². The topological polar surface area (TPSA) is 0 Å². The summed E-state index contributed by atoms with van der Waals surface area (Å²) in [5, 5.41) is 0. The van der Waals surface area contributed by atoms with Crippen LogP contribution in [0.3, 0.4) is 0 Å². The molecule has 0 aromatic heterocycles. The van der Waals surface area contributed by atoms with Crippen molar-refractivity contribution < 1.29 is 13.4 Å². The first kappa shape index (κ1) is 24.6. The Morgan fingerprint density at radius 3 is 2.12 bits per heavy atom. The summed E-state index contributed by atoms with van der Waals surface area (Å²) in [4.78, 5) is 0. The fourth-order valence-corrected chi connectivity index (χ4v) is 11.1. The van der Waals surface area contributed by atoms with Gasteiger partial charge in [0.05, 0.1) is 80.0 Å². The van der Waals surface area contributed by atoms with E-state index in [9.17, 15) is 0 Å². The van der Waals surface area contributed by atoms with Crippen molar-refractivity contribution in [3.05, 3.63) is 0 Å². The second kappa shape index (κ2) is 7.69. The third kappa shape index (κ3) is 3.60. The fraction of sp³-hybridized carbons (Fsp3) is 1.00. The second-order valence-corrected chi connectivity index (χ2v) is 16.0. The second-order valence-electron chi connectivity index (χ2n) is 16.0. The molecule has 5 fully saturated rings. The molecule has 3 saturated carbocycles. The van der Waals surface area contributed by atoms with Crippen LogP contribution in [-0.4, -0.2) is 93.5 Å². The molecule has 190 valence electrons. The third-order valence-electron chi connectivity index (χ3n) is 13.3. The lowest BCUT2D eigenvalue weighted by atomic mass is 9.39. The molecule has 33 heavy (non-hydrogen) atoms. The van der Waals surface area contributed by atoms with E-state index in [0.717, 1.165) is 28.3 Å². The number of hydrogen-bond acceptors (Lipinski definition) is 0. The summed E-state index contributed by atoms with van der Waals surface area (Å²) in [7, 11) is 15.2. The zero-order valence-electron chi connectivity index (χ0n) is 23.8. The molecule has 2 saturated heterocycles. The number of likely N-dealkylation sites (tertiary alicyclic amines) is 2. The maximum Gasteiger partial charge on any atom is 0.0991 e. The van der Waals surface area contributed by atoms with Gasteiger partial charge in [0, 0.05) is 43.4 Å². The molecule has 0 bridgehead atoms. The summed E-state index contributed by atoms with van der Waals surface area (Å²) in [6, 6.07) is 0.919. The minimum Gasteiger partial charge on any atom is -0.330 e. The van der Waals surface area contributed by atoms with Crippen molar-refractivity contribution in [2.75, 3.05) is 68.5 Å². The van der Waals surface area contributed by atoms with Gasteiger partial charge in [0.25, 0.3) is 0 Å². The van der Waals surface area contributed by atoms with E-state index in [1.54, 1.807) is 0 Å². The van der Waals surface area contributed by atoms with Crippen LogP contribution in [0.25, 0.3) is 0 Å². The van der Waals surface area contributed by atoms with Crippen LogP contribution in [0.1, 0.15) is 84.5 Å². The van der Waals surface area contributed by atoms with E-state index in [0.29, 0.717) is 16.4 Å². The summed E-state index contributed by atoms with van der Waals surface area (Å²) >= 11 is 0. The summed E-state index contributed by atoms with van der Waals surface area (Å²) < 4.78 is 3.82. The summed E-state index contributed by atoms with van der Waals surface area (Å²) in [6.07, 6.45) is 16.4. The zero-order chi connectivity index (χ0) is 23.9. The molecule has 1 unspecified atom stereocenters. The number of piperidine rings is 1. The van der Waals surface area contributed by atoms with Gasteiger partial charge in [-0.15, -0.1) is 0 Å². The van der Waals surface area contributed by atoms with Crippen LogP contribution in [-0.2, 0) is 0 Å². The van der Waals surface area contributed by atoms with Gasteiger partial charge in [0.15, 0.2) is 0 Å². The van der Waals surface area contributed by atoms with Crippen molar-refractivity contribution in [3.8, 4) is 0 Å². The lowest BCUT2D eigenvalue weighted by Gasteiger charge is -2.69. The van der Waals surface area contributed by atoms with E-state index in [4.69, 9.17) is 0 Å². The summed E-state index contributed by atoms with van der Waals surface area (Å²) in [5.41, 5.74) is 1.61. The molecule has 0 N–H and O–H groups in total. The van der Waals surface area contributed by atoms with Crippen molar-refractivity contribution >= 4 is 0 Å². The van der Waals surface area contributed by atoms with Crippen molar-refractivity contribution in [1.29, 1.82) is 0 Å². The number of quaternary nitrogens is 3. The van der Waals surface area contributed by atoms with Crippen LogP contribution in [0, 0.1) is 28.6 Å². The van der Waals surface area contributed by atoms with Crippen molar-refractivity contribution in [2.24, 2.45) is 28.6 Å². The van der Waals surface area contributed by atoms with Gasteiger partial charge in [-0.3, -0.25) is 0 Å². The molecule has 0 spiro atoms. The molecule has 2 heterocycles. The molecule has 3 heteroatoms. The maximum atomic E-state index is 2.82. The van der Waals surface area contributed by atoms with E-state index >= 15 is 0 Å². The maximum absolute atomic E-state index is 2.82. The highest BCUT2D eigenvalue weighted by atomic mass is 15.4. The van der Waals surface area contributed by atoms with Gasteiger partial charge in [-0.2, -0.15) is 0 Å². The first-order chi connectivity index (χ1) is 15.3. The van der Waals surface area contributed by atoms with E-state index in [1.165, 1.54) is 106 Å². The Kier molecular flexibility index (Phi) is 5.72. The van der Waals surface area contributed by atoms with Crippen LogP contribution >= 0.6 is 0 Å². The van der Waals surface area contributed by atoms with Gasteiger partial charge in [0.1, 0.15) is 0 Å². The highest BCUT2D eigenvalue weighted by Gasteiger charge is 2.68. The molecule has 0 aromatic carbocycles. The average molecular weight is 461 g/mol. The van der Waals surface area contributed by atoms with E-state index < -0.39 is 0 Å². The van der Waals surface area contributed by atoms with Gasteiger partial charge < -0.3 is 13.4 Å². The zero-order valence-corrected chi connectivity index (χ0v) is 23.8. The first-order valence-electron chi connectivity index (χ1n) is 14.7. The van der Waals surface area contributed by atoms with Crippen LogP contribution in [0.15, 0.2) is 0 Å². The van der Waals surface area contributed by atoms with Gasteiger partial charge >= 0.3 is 0 Å². The Morgan fingerprint density at radius 2 is 1.45 bits per heavy atom. The smallest absolute Gasteiger partial charge is 0.0991 e. The van der Waals surface area contributed by atoms with Crippen molar-refractivity contribution in [1.82, 2.24) is 0 Å². The lowest BCUT2D eigenvalue weighted by Crippen LogP contribution is -2.71. The predicted octanol–water partition coefficient (Wildman–Crippen LogP) is 5.54. The Hall–Kier alpha value is -0.120. The minimum absolute atomic E-state index is 0.515. The van der Waals surface area contributed by atoms with Crippen LogP contribution in [0.5, 0.6) is 0 Å². The van der Waals surface area contributed by atoms with Gasteiger partial charge in [-0.25, -0.2) is 0 Å². The normalized spacial score (nSPS) is 49.1. The molecule has 3 aliphatic carbocycles. The fourth-order valence-electron chi connectivity index (χ4n) is 11.1. The van der Waals surface area contributed by atoms with Crippen LogP contribution in [0.4, 0.5) is 0 Å².